The molecule has 29 heavy (non-hydrogen) atoms. The van der Waals surface area contributed by atoms with Gasteiger partial charge in [0.05, 0.1) is 6.04 Å². The highest BCUT2D eigenvalue weighted by Crippen LogP contribution is 2.23. The molecule has 5 heteroatoms. The van der Waals surface area contributed by atoms with Crippen LogP contribution in [-0.4, -0.2) is 30.2 Å². The van der Waals surface area contributed by atoms with E-state index in [-0.39, 0.29) is 18.2 Å². The molecule has 0 bridgehead atoms. The van der Waals surface area contributed by atoms with Gasteiger partial charge in [-0.2, -0.15) is 11.3 Å². The minimum atomic E-state index is -0.348. The molecule has 1 aromatic heterocycles. The number of carbonyl (C=O) groups is 1. The number of likely N-dealkylation sites (tertiary alicyclic amines) is 1. The summed E-state index contributed by atoms with van der Waals surface area (Å²) in [6, 6.07) is 22.0. The highest BCUT2D eigenvalue weighted by Gasteiger charge is 2.24. The van der Waals surface area contributed by atoms with Crippen molar-refractivity contribution in [2.75, 3.05) is 13.1 Å². The fourth-order valence-corrected chi connectivity index (χ4v) is 4.44. The van der Waals surface area contributed by atoms with Gasteiger partial charge >= 0.3 is 6.09 Å². The first-order valence-corrected chi connectivity index (χ1v) is 11.0. The fraction of sp³-hybridized carbons (Fsp3) is 0.292. The van der Waals surface area contributed by atoms with Crippen LogP contribution in [0.3, 0.4) is 0 Å². The highest BCUT2D eigenvalue weighted by atomic mass is 32.1. The number of benzene rings is 2. The van der Waals surface area contributed by atoms with Gasteiger partial charge in [0.1, 0.15) is 6.10 Å². The highest BCUT2D eigenvalue weighted by molar-refractivity contribution is 7.07. The van der Waals surface area contributed by atoms with Crippen molar-refractivity contribution in [1.29, 1.82) is 0 Å². The van der Waals surface area contributed by atoms with Crippen LogP contribution in [0.1, 0.15) is 35.6 Å². The van der Waals surface area contributed by atoms with Gasteiger partial charge in [0.15, 0.2) is 0 Å². The average Bonchev–Trinajstić information content (AvgIpc) is 3.28. The first-order valence-electron chi connectivity index (χ1n) is 10.1. The van der Waals surface area contributed by atoms with Crippen molar-refractivity contribution in [3.63, 3.8) is 0 Å². The Morgan fingerprint density at radius 2 is 1.62 bits per heavy atom. The molecule has 0 saturated carbocycles. The standard InChI is InChI=1S/C24H26N2O2S/c27-24(28-22-11-14-26(15-12-22)17-19-13-16-29-18-19)25-23(20-7-3-1-4-8-20)21-9-5-2-6-10-21/h1-10,13,16,18,22-23H,11-12,14-15,17H2,(H,25,27). The van der Waals surface area contributed by atoms with Crippen molar-refractivity contribution in [3.05, 3.63) is 94.2 Å². The van der Waals surface area contributed by atoms with Gasteiger partial charge in [-0.05, 0) is 46.4 Å². The van der Waals surface area contributed by atoms with E-state index in [9.17, 15) is 4.79 Å². The lowest BCUT2D eigenvalue weighted by Gasteiger charge is -2.31. The molecule has 1 aliphatic rings. The normalized spacial score (nSPS) is 15.3. The molecule has 0 atom stereocenters. The molecule has 0 aliphatic carbocycles. The van der Waals surface area contributed by atoms with Gasteiger partial charge in [-0.15, -0.1) is 0 Å². The van der Waals surface area contributed by atoms with E-state index in [0.717, 1.165) is 43.6 Å². The third-order valence-corrected chi connectivity index (χ3v) is 6.05. The van der Waals surface area contributed by atoms with Crippen molar-refractivity contribution < 1.29 is 9.53 Å². The zero-order valence-corrected chi connectivity index (χ0v) is 17.2. The summed E-state index contributed by atoms with van der Waals surface area (Å²) in [7, 11) is 0. The molecule has 2 heterocycles. The van der Waals surface area contributed by atoms with Crippen LogP contribution in [-0.2, 0) is 11.3 Å². The predicted molar refractivity (Wildman–Crippen MR) is 117 cm³/mol. The van der Waals surface area contributed by atoms with E-state index in [1.54, 1.807) is 11.3 Å². The van der Waals surface area contributed by atoms with Gasteiger partial charge in [0.2, 0.25) is 0 Å². The molecule has 2 aromatic carbocycles. The largest absolute Gasteiger partial charge is 0.446 e. The van der Waals surface area contributed by atoms with Crippen LogP contribution in [0.2, 0.25) is 0 Å². The fourth-order valence-electron chi connectivity index (χ4n) is 3.78. The Morgan fingerprint density at radius 3 is 2.17 bits per heavy atom. The number of rotatable bonds is 6. The number of thiophene rings is 1. The van der Waals surface area contributed by atoms with E-state index in [4.69, 9.17) is 4.74 Å². The Labute approximate surface area is 176 Å². The van der Waals surface area contributed by atoms with Gasteiger partial charge < -0.3 is 10.1 Å². The lowest BCUT2D eigenvalue weighted by Crippen LogP contribution is -2.40. The van der Waals surface area contributed by atoms with Crippen molar-refractivity contribution >= 4 is 17.4 Å². The molecule has 150 valence electrons. The maximum atomic E-state index is 12.7. The number of hydrogen-bond acceptors (Lipinski definition) is 4. The lowest BCUT2D eigenvalue weighted by atomic mass is 9.99. The molecule has 0 spiro atoms. The number of hydrogen-bond donors (Lipinski definition) is 1. The number of nitrogens with one attached hydrogen (secondary N) is 1. The van der Waals surface area contributed by atoms with Crippen LogP contribution in [0, 0.1) is 0 Å². The first kappa shape index (κ1) is 19.7. The Bertz CT molecular complexity index is 836. The summed E-state index contributed by atoms with van der Waals surface area (Å²) in [5.41, 5.74) is 3.45. The number of amides is 1. The lowest BCUT2D eigenvalue weighted by molar-refractivity contribution is 0.0477. The first-order chi connectivity index (χ1) is 14.3. The van der Waals surface area contributed by atoms with Crippen LogP contribution in [0.15, 0.2) is 77.5 Å². The summed E-state index contributed by atoms with van der Waals surface area (Å²) >= 11 is 1.73. The minimum absolute atomic E-state index is 0.0269. The van der Waals surface area contributed by atoms with Crippen LogP contribution < -0.4 is 5.32 Å². The van der Waals surface area contributed by atoms with Gasteiger partial charge in [-0.1, -0.05) is 60.7 Å². The second-order valence-electron chi connectivity index (χ2n) is 7.41. The number of piperidine rings is 1. The van der Waals surface area contributed by atoms with Crippen LogP contribution >= 0.6 is 11.3 Å². The molecule has 1 saturated heterocycles. The molecule has 0 radical (unpaired) electrons. The summed E-state index contributed by atoms with van der Waals surface area (Å²) in [4.78, 5) is 15.1. The maximum absolute atomic E-state index is 12.7. The van der Waals surface area contributed by atoms with Gasteiger partial charge in [0.25, 0.3) is 0 Å². The summed E-state index contributed by atoms with van der Waals surface area (Å²) in [6.07, 6.45) is 1.37. The van der Waals surface area contributed by atoms with E-state index >= 15 is 0 Å². The topological polar surface area (TPSA) is 41.6 Å². The quantitative estimate of drug-likeness (QED) is 0.610. The Balaban J connectivity index is 1.33. The number of nitrogens with zero attached hydrogens (tertiary/aromatic N) is 1. The van der Waals surface area contributed by atoms with E-state index in [2.05, 4.69) is 27.0 Å². The summed E-state index contributed by atoms with van der Waals surface area (Å²) < 4.78 is 5.77. The molecule has 3 aromatic rings. The molecular formula is C24H26N2O2S. The molecule has 4 rings (SSSR count). The predicted octanol–water partition coefficient (Wildman–Crippen LogP) is 5.23. The number of carbonyl (C=O) groups excluding carboxylic acids is 1. The second kappa shape index (κ2) is 9.72. The van der Waals surface area contributed by atoms with Crippen molar-refractivity contribution in [3.8, 4) is 0 Å². The Kier molecular flexibility index (Phi) is 6.60. The average molecular weight is 407 g/mol. The van der Waals surface area contributed by atoms with Crippen molar-refractivity contribution in [2.24, 2.45) is 0 Å². The van der Waals surface area contributed by atoms with Crippen LogP contribution in [0.4, 0.5) is 4.79 Å². The zero-order chi connectivity index (χ0) is 19.9. The third-order valence-electron chi connectivity index (χ3n) is 5.32. The van der Waals surface area contributed by atoms with Crippen molar-refractivity contribution in [1.82, 2.24) is 10.2 Å². The molecule has 1 fully saturated rings. The smallest absolute Gasteiger partial charge is 0.408 e. The molecule has 4 nitrogen and oxygen atoms in total. The summed E-state index contributed by atoms with van der Waals surface area (Å²) in [5, 5.41) is 7.39. The number of ether oxygens (including phenoxy) is 1. The summed E-state index contributed by atoms with van der Waals surface area (Å²) in [6.45, 7) is 2.88. The van der Waals surface area contributed by atoms with E-state index < -0.39 is 0 Å². The molecular weight excluding hydrogens is 380 g/mol. The zero-order valence-electron chi connectivity index (χ0n) is 16.4. The second-order valence-corrected chi connectivity index (χ2v) is 8.19. The SMILES string of the molecule is O=C(NC(c1ccccc1)c1ccccc1)OC1CCN(Cc2ccsc2)CC1. The monoisotopic (exact) mass is 406 g/mol. The van der Waals surface area contributed by atoms with Gasteiger partial charge in [-0.3, -0.25) is 4.90 Å². The third kappa shape index (κ3) is 5.46. The van der Waals surface area contributed by atoms with Crippen molar-refractivity contribution in [2.45, 2.75) is 31.5 Å². The molecule has 1 N–H and O–H groups in total. The van der Waals surface area contributed by atoms with E-state index in [1.807, 2.05) is 60.7 Å². The van der Waals surface area contributed by atoms with E-state index in [1.165, 1.54) is 5.56 Å². The van der Waals surface area contributed by atoms with Crippen LogP contribution in [0.5, 0.6) is 0 Å². The Hall–Kier alpha value is -2.63. The molecule has 1 amide bonds. The van der Waals surface area contributed by atoms with Gasteiger partial charge in [0, 0.05) is 19.6 Å². The van der Waals surface area contributed by atoms with E-state index in [0.29, 0.717) is 0 Å². The molecule has 1 aliphatic heterocycles. The number of alkyl carbamates (subject to hydrolysis) is 1. The minimum Gasteiger partial charge on any atom is -0.446 e. The van der Waals surface area contributed by atoms with Crippen LogP contribution in [0.25, 0.3) is 0 Å². The summed E-state index contributed by atoms with van der Waals surface area (Å²) in [5.74, 6) is 0. The molecule has 0 unspecified atom stereocenters. The maximum Gasteiger partial charge on any atom is 0.408 e. The Morgan fingerprint density at radius 1 is 1.00 bits per heavy atom. The van der Waals surface area contributed by atoms with Gasteiger partial charge in [-0.25, -0.2) is 4.79 Å².